The molecule has 0 radical (unpaired) electrons. The van der Waals surface area contributed by atoms with E-state index in [4.69, 9.17) is 0 Å². The van der Waals surface area contributed by atoms with Gasteiger partial charge in [0.2, 0.25) is 0 Å². The average molecular weight is 211 g/mol. The molecule has 0 aromatic carbocycles. The van der Waals surface area contributed by atoms with Gasteiger partial charge in [-0.3, -0.25) is 0 Å². The lowest BCUT2D eigenvalue weighted by atomic mass is 9.78. The first-order valence-electron chi connectivity index (χ1n) is 6.13. The number of hydrogen-bond acceptors (Lipinski definition) is 2. The van der Waals surface area contributed by atoms with Gasteiger partial charge in [-0.05, 0) is 38.5 Å². The zero-order valence-corrected chi connectivity index (χ0v) is 10.2. The lowest BCUT2D eigenvalue weighted by Crippen LogP contribution is -2.43. The fourth-order valence-corrected chi connectivity index (χ4v) is 2.31. The van der Waals surface area contributed by atoms with Crippen molar-refractivity contribution in [1.82, 2.24) is 5.32 Å². The molecule has 88 valence electrons. The summed E-state index contributed by atoms with van der Waals surface area (Å²) in [7, 11) is 0. The summed E-state index contributed by atoms with van der Waals surface area (Å²) in [5.41, 5.74) is 0.669. The summed E-state index contributed by atoms with van der Waals surface area (Å²) in [6.45, 7) is 9.63. The molecule has 0 atom stereocenters. The van der Waals surface area contributed by atoms with E-state index in [9.17, 15) is 5.11 Å². The van der Waals surface area contributed by atoms with E-state index in [2.05, 4.69) is 18.8 Å². The summed E-state index contributed by atoms with van der Waals surface area (Å²) in [5, 5.41) is 13.6. The Balaban J connectivity index is 2.25. The second-order valence-corrected chi connectivity index (χ2v) is 5.14. The van der Waals surface area contributed by atoms with Gasteiger partial charge in [-0.2, -0.15) is 0 Å². The Kier molecular flexibility index (Phi) is 4.81. The molecule has 0 spiro atoms. The third-order valence-electron chi connectivity index (χ3n) is 3.49. The standard InChI is InChI=1S/C13H25NO/c1-4-12-5-7-13(15,8-6-12)10-14-9-11(2)3/h12,14-15H,2,4-10H2,1,3H3. The highest BCUT2D eigenvalue weighted by Crippen LogP contribution is 2.33. The number of hydrogen-bond donors (Lipinski definition) is 2. The summed E-state index contributed by atoms with van der Waals surface area (Å²) < 4.78 is 0. The molecule has 2 nitrogen and oxygen atoms in total. The van der Waals surface area contributed by atoms with Gasteiger partial charge < -0.3 is 10.4 Å². The quantitative estimate of drug-likeness (QED) is 0.685. The number of aliphatic hydroxyl groups is 1. The molecule has 0 aromatic rings. The Hall–Kier alpha value is -0.340. The molecule has 15 heavy (non-hydrogen) atoms. The maximum absolute atomic E-state index is 10.3. The van der Waals surface area contributed by atoms with Crippen LogP contribution in [-0.2, 0) is 0 Å². The van der Waals surface area contributed by atoms with E-state index in [1.165, 1.54) is 19.3 Å². The zero-order chi connectivity index (χ0) is 11.3. The molecule has 0 bridgehead atoms. The minimum absolute atomic E-state index is 0.457. The van der Waals surface area contributed by atoms with Crippen molar-refractivity contribution in [1.29, 1.82) is 0 Å². The summed E-state index contributed by atoms with van der Waals surface area (Å²) in [6, 6.07) is 0. The molecule has 1 aliphatic rings. The van der Waals surface area contributed by atoms with Crippen molar-refractivity contribution in [2.75, 3.05) is 13.1 Å². The molecular weight excluding hydrogens is 186 g/mol. The predicted octanol–water partition coefficient (Wildman–Crippen LogP) is 2.48. The smallest absolute Gasteiger partial charge is 0.0771 e. The third-order valence-corrected chi connectivity index (χ3v) is 3.49. The number of nitrogens with one attached hydrogen (secondary N) is 1. The minimum Gasteiger partial charge on any atom is -0.389 e. The van der Waals surface area contributed by atoms with Crippen LogP contribution in [-0.4, -0.2) is 23.8 Å². The summed E-state index contributed by atoms with van der Waals surface area (Å²) >= 11 is 0. The second-order valence-electron chi connectivity index (χ2n) is 5.14. The van der Waals surface area contributed by atoms with Crippen molar-refractivity contribution in [3.63, 3.8) is 0 Å². The third kappa shape index (κ3) is 4.35. The van der Waals surface area contributed by atoms with Gasteiger partial charge in [0.05, 0.1) is 5.60 Å². The molecule has 1 saturated carbocycles. The molecule has 0 aliphatic heterocycles. The molecule has 0 aromatic heterocycles. The van der Waals surface area contributed by atoms with E-state index in [-0.39, 0.29) is 0 Å². The molecule has 0 saturated heterocycles. The molecule has 0 amide bonds. The van der Waals surface area contributed by atoms with Gasteiger partial charge in [-0.25, -0.2) is 0 Å². The monoisotopic (exact) mass is 211 g/mol. The minimum atomic E-state index is -0.457. The van der Waals surface area contributed by atoms with Crippen LogP contribution in [0.4, 0.5) is 0 Å². The average Bonchev–Trinajstić information content (AvgIpc) is 2.18. The van der Waals surface area contributed by atoms with Crippen LogP contribution < -0.4 is 5.32 Å². The summed E-state index contributed by atoms with van der Waals surface area (Å²) in [4.78, 5) is 0. The van der Waals surface area contributed by atoms with E-state index in [0.717, 1.165) is 37.4 Å². The second kappa shape index (κ2) is 5.66. The Morgan fingerprint density at radius 1 is 1.47 bits per heavy atom. The lowest BCUT2D eigenvalue weighted by Gasteiger charge is -2.36. The van der Waals surface area contributed by atoms with E-state index in [1.807, 2.05) is 6.92 Å². The first kappa shape index (κ1) is 12.7. The van der Waals surface area contributed by atoms with E-state index in [0.29, 0.717) is 0 Å². The topological polar surface area (TPSA) is 32.3 Å². The molecule has 1 fully saturated rings. The number of rotatable bonds is 5. The predicted molar refractivity (Wildman–Crippen MR) is 64.9 cm³/mol. The Bertz CT molecular complexity index is 205. The van der Waals surface area contributed by atoms with Gasteiger partial charge in [0, 0.05) is 13.1 Å². The van der Waals surface area contributed by atoms with Crippen LogP contribution in [0, 0.1) is 5.92 Å². The van der Waals surface area contributed by atoms with Crippen molar-refractivity contribution in [3.8, 4) is 0 Å². The van der Waals surface area contributed by atoms with Gasteiger partial charge >= 0.3 is 0 Å². The van der Waals surface area contributed by atoms with Gasteiger partial charge in [0.1, 0.15) is 0 Å². The zero-order valence-electron chi connectivity index (χ0n) is 10.2. The summed E-state index contributed by atoms with van der Waals surface area (Å²) in [6.07, 6.45) is 5.53. The Morgan fingerprint density at radius 2 is 2.07 bits per heavy atom. The highest BCUT2D eigenvalue weighted by Gasteiger charge is 2.31. The van der Waals surface area contributed by atoms with Crippen LogP contribution in [0.2, 0.25) is 0 Å². The van der Waals surface area contributed by atoms with Crippen molar-refractivity contribution < 1.29 is 5.11 Å². The van der Waals surface area contributed by atoms with Crippen molar-refractivity contribution in [2.24, 2.45) is 5.92 Å². The maximum Gasteiger partial charge on any atom is 0.0771 e. The first-order valence-corrected chi connectivity index (χ1v) is 6.13. The van der Waals surface area contributed by atoms with Crippen molar-refractivity contribution in [2.45, 2.75) is 51.6 Å². The fourth-order valence-electron chi connectivity index (χ4n) is 2.31. The van der Waals surface area contributed by atoms with Crippen LogP contribution >= 0.6 is 0 Å². The highest BCUT2D eigenvalue weighted by atomic mass is 16.3. The normalized spacial score (nSPS) is 31.5. The molecule has 1 aliphatic carbocycles. The maximum atomic E-state index is 10.3. The van der Waals surface area contributed by atoms with E-state index in [1.54, 1.807) is 0 Å². The van der Waals surface area contributed by atoms with Gasteiger partial charge in [-0.1, -0.05) is 25.5 Å². The van der Waals surface area contributed by atoms with Crippen LogP contribution in [0.15, 0.2) is 12.2 Å². The highest BCUT2D eigenvalue weighted by molar-refractivity contribution is 4.93. The van der Waals surface area contributed by atoms with Gasteiger partial charge in [0.15, 0.2) is 0 Å². The first-order chi connectivity index (χ1) is 7.06. The summed E-state index contributed by atoms with van der Waals surface area (Å²) in [5.74, 6) is 0.839. The van der Waals surface area contributed by atoms with E-state index >= 15 is 0 Å². The van der Waals surface area contributed by atoms with Crippen LogP contribution in [0.3, 0.4) is 0 Å². The van der Waals surface area contributed by atoms with E-state index < -0.39 is 5.60 Å². The lowest BCUT2D eigenvalue weighted by molar-refractivity contribution is -0.00793. The van der Waals surface area contributed by atoms with Crippen molar-refractivity contribution >= 4 is 0 Å². The van der Waals surface area contributed by atoms with Gasteiger partial charge in [-0.15, -0.1) is 0 Å². The molecule has 0 unspecified atom stereocenters. The molecule has 1 rings (SSSR count). The molecular formula is C13H25NO. The molecule has 2 heteroatoms. The van der Waals surface area contributed by atoms with Gasteiger partial charge in [0.25, 0.3) is 0 Å². The van der Waals surface area contributed by atoms with Crippen LogP contribution in [0.1, 0.15) is 46.0 Å². The Labute approximate surface area is 93.8 Å². The Morgan fingerprint density at radius 3 is 2.53 bits per heavy atom. The largest absolute Gasteiger partial charge is 0.389 e. The van der Waals surface area contributed by atoms with Crippen LogP contribution in [0.25, 0.3) is 0 Å². The SMILES string of the molecule is C=C(C)CNCC1(O)CCC(CC)CC1. The fraction of sp³-hybridized carbons (Fsp3) is 0.846. The van der Waals surface area contributed by atoms with Crippen LogP contribution in [0.5, 0.6) is 0 Å². The molecule has 2 N–H and O–H groups in total. The molecule has 0 heterocycles. The van der Waals surface area contributed by atoms with Crippen molar-refractivity contribution in [3.05, 3.63) is 12.2 Å².